The largest absolute Gasteiger partial charge is 0.493 e. The second-order valence-corrected chi connectivity index (χ2v) is 9.61. The van der Waals surface area contributed by atoms with E-state index in [1.807, 2.05) is 35.7 Å². The molecule has 2 nitrogen and oxygen atoms in total. The molecule has 140 valence electrons. The zero-order valence-electron chi connectivity index (χ0n) is 15.8. The average Bonchev–Trinajstić information content (AvgIpc) is 2.70. The predicted octanol–water partition coefficient (Wildman–Crippen LogP) is 5.53. The lowest BCUT2D eigenvalue weighted by atomic mass is 9.99. The molecule has 2 aromatic carbocycles. The standard InChI is InChI=1S/C23H24O2S2/c1-3-26-23(27-4-2)15-16-25-22-20(9-6-10-21(22)23)8-5-7-18-11-13-19(17-24)14-12-18/h6,9-14,17H,3-4,8,15-16H2,1-2H3. The maximum atomic E-state index is 10.7. The highest BCUT2D eigenvalue weighted by Crippen LogP contribution is 2.54. The van der Waals surface area contributed by atoms with Gasteiger partial charge in [-0.05, 0) is 23.6 Å². The molecule has 0 bridgehead atoms. The Balaban J connectivity index is 1.86. The zero-order valence-corrected chi connectivity index (χ0v) is 17.4. The predicted molar refractivity (Wildman–Crippen MR) is 117 cm³/mol. The van der Waals surface area contributed by atoms with E-state index >= 15 is 0 Å². The highest BCUT2D eigenvalue weighted by Gasteiger charge is 2.38. The monoisotopic (exact) mass is 396 g/mol. The number of hydrogen-bond donors (Lipinski definition) is 0. The third kappa shape index (κ3) is 4.54. The van der Waals surface area contributed by atoms with Gasteiger partial charge in [-0.25, -0.2) is 0 Å². The van der Waals surface area contributed by atoms with E-state index in [2.05, 4.69) is 43.9 Å². The Bertz CT molecular complexity index is 841. The fourth-order valence-corrected chi connectivity index (χ4v) is 6.37. The molecule has 0 amide bonds. The third-order valence-electron chi connectivity index (χ3n) is 4.50. The molecule has 0 N–H and O–H groups in total. The molecule has 27 heavy (non-hydrogen) atoms. The first-order valence-corrected chi connectivity index (χ1v) is 11.3. The number of rotatable bonds is 6. The van der Waals surface area contributed by atoms with Gasteiger partial charge in [-0.3, -0.25) is 4.79 Å². The summed E-state index contributed by atoms with van der Waals surface area (Å²) in [5.74, 6) is 9.66. The minimum Gasteiger partial charge on any atom is -0.493 e. The lowest BCUT2D eigenvalue weighted by molar-refractivity contribution is 0.112. The maximum Gasteiger partial charge on any atom is 0.150 e. The second kappa shape index (κ2) is 9.39. The molecule has 1 aliphatic rings. The van der Waals surface area contributed by atoms with E-state index in [4.69, 9.17) is 4.74 Å². The van der Waals surface area contributed by atoms with Gasteiger partial charge in [-0.15, -0.1) is 23.5 Å². The molecule has 0 unspecified atom stereocenters. The minimum absolute atomic E-state index is 0.0885. The Morgan fingerprint density at radius 1 is 1.11 bits per heavy atom. The van der Waals surface area contributed by atoms with E-state index in [-0.39, 0.29) is 4.08 Å². The molecule has 0 aliphatic carbocycles. The molecule has 0 aromatic heterocycles. The second-order valence-electron chi connectivity index (χ2n) is 6.23. The van der Waals surface area contributed by atoms with Crippen LogP contribution in [-0.4, -0.2) is 24.4 Å². The van der Waals surface area contributed by atoms with Crippen LogP contribution in [0.3, 0.4) is 0 Å². The molecule has 4 heteroatoms. The Hall–Kier alpha value is -1.83. The Morgan fingerprint density at radius 3 is 2.52 bits per heavy atom. The number of aldehydes is 1. The van der Waals surface area contributed by atoms with E-state index in [1.165, 1.54) is 5.56 Å². The Labute approximate surface area is 170 Å². The first-order valence-electron chi connectivity index (χ1n) is 9.29. The van der Waals surface area contributed by atoms with Crippen LogP contribution in [0.2, 0.25) is 0 Å². The summed E-state index contributed by atoms with van der Waals surface area (Å²) in [6.45, 7) is 5.20. The molecular formula is C23H24O2S2. The van der Waals surface area contributed by atoms with Gasteiger partial charge in [0, 0.05) is 35.1 Å². The van der Waals surface area contributed by atoms with E-state index < -0.39 is 0 Å². The first-order chi connectivity index (χ1) is 13.2. The molecule has 0 spiro atoms. The van der Waals surface area contributed by atoms with Gasteiger partial charge in [0.05, 0.1) is 10.7 Å². The molecule has 2 aromatic rings. The molecule has 0 atom stereocenters. The van der Waals surface area contributed by atoms with Gasteiger partial charge >= 0.3 is 0 Å². The number of thioether (sulfide) groups is 2. The summed E-state index contributed by atoms with van der Waals surface area (Å²) in [7, 11) is 0. The molecule has 1 heterocycles. The summed E-state index contributed by atoms with van der Waals surface area (Å²) >= 11 is 4.04. The number of carbonyl (C=O) groups excluding carboxylic acids is 1. The number of fused-ring (bicyclic) bond motifs is 1. The summed E-state index contributed by atoms with van der Waals surface area (Å²) in [4.78, 5) is 10.7. The van der Waals surface area contributed by atoms with Gasteiger partial charge in [0.25, 0.3) is 0 Å². The van der Waals surface area contributed by atoms with Crippen LogP contribution in [0.25, 0.3) is 0 Å². The number of para-hydroxylation sites is 1. The molecule has 3 rings (SSSR count). The number of hydrogen-bond acceptors (Lipinski definition) is 4. The van der Waals surface area contributed by atoms with Crippen molar-refractivity contribution in [3.63, 3.8) is 0 Å². The summed E-state index contributed by atoms with van der Waals surface area (Å²) in [5.41, 5.74) is 4.05. The lowest BCUT2D eigenvalue weighted by Crippen LogP contribution is -2.28. The van der Waals surface area contributed by atoms with E-state index in [0.29, 0.717) is 12.0 Å². The fraction of sp³-hybridized carbons (Fsp3) is 0.348. The minimum atomic E-state index is 0.0885. The van der Waals surface area contributed by atoms with Crippen LogP contribution < -0.4 is 4.74 Å². The van der Waals surface area contributed by atoms with Crippen LogP contribution in [0.1, 0.15) is 47.3 Å². The highest BCUT2D eigenvalue weighted by atomic mass is 32.2. The number of carbonyl (C=O) groups is 1. The fourth-order valence-electron chi connectivity index (χ4n) is 3.31. The van der Waals surface area contributed by atoms with Crippen molar-refractivity contribution in [2.24, 2.45) is 0 Å². The van der Waals surface area contributed by atoms with Gasteiger partial charge < -0.3 is 4.74 Å². The third-order valence-corrected chi connectivity index (χ3v) is 7.56. The van der Waals surface area contributed by atoms with Crippen molar-refractivity contribution in [3.8, 4) is 17.6 Å². The normalized spacial score (nSPS) is 14.4. The van der Waals surface area contributed by atoms with Crippen molar-refractivity contribution in [1.29, 1.82) is 0 Å². The molecule has 0 saturated carbocycles. The number of ether oxygens (including phenoxy) is 1. The van der Waals surface area contributed by atoms with Crippen LogP contribution in [0, 0.1) is 11.8 Å². The number of benzene rings is 2. The van der Waals surface area contributed by atoms with Crippen molar-refractivity contribution in [2.45, 2.75) is 30.8 Å². The quantitative estimate of drug-likeness (QED) is 0.364. The smallest absolute Gasteiger partial charge is 0.150 e. The van der Waals surface area contributed by atoms with Crippen molar-refractivity contribution in [1.82, 2.24) is 0 Å². The highest BCUT2D eigenvalue weighted by molar-refractivity contribution is 8.17. The molecule has 0 saturated heterocycles. The van der Waals surface area contributed by atoms with Crippen LogP contribution in [0.15, 0.2) is 42.5 Å². The van der Waals surface area contributed by atoms with Gasteiger partial charge in [0.1, 0.15) is 12.0 Å². The first kappa shape index (κ1) is 19.9. The van der Waals surface area contributed by atoms with Crippen LogP contribution >= 0.6 is 23.5 Å². The SMILES string of the molecule is CCSC1(SCC)CCOc2c(CC#Cc3ccc(C=O)cc3)cccc21. The van der Waals surface area contributed by atoms with Gasteiger partial charge in [0.2, 0.25) is 0 Å². The van der Waals surface area contributed by atoms with Gasteiger partial charge in [-0.1, -0.05) is 56.0 Å². The van der Waals surface area contributed by atoms with Crippen LogP contribution in [0.4, 0.5) is 0 Å². The molecule has 1 aliphatic heterocycles. The summed E-state index contributed by atoms with van der Waals surface area (Å²) in [5, 5.41) is 0. The van der Waals surface area contributed by atoms with Crippen LogP contribution in [-0.2, 0) is 10.5 Å². The van der Waals surface area contributed by atoms with Crippen molar-refractivity contribution >= 4 is 29.8 Å². The van der Waals surface area contributed by atoms with E-state index in [1.54, 1.807) is 12.1 Å². The summed E-state index contributed by atoms with van der Waals surface area (Å²) in [6, 6.07) is 13.8. The van der Waals surface area contributed by atoms with Crippen molar-refractivity contribution < 1.29 is 9.53 Å². The van der Waals surface area contributed by atoms with Crippen molar-refractivity contribution in [3.05, 3.63) is 64.7 Å². The van der Waals surface area contributed by atoms with Crippen molar-refractivity contribution in [2.75, 3.05) is 18.1 Å². The Morgan fingerprint density at radius 2 is 1.85 bits per heavy atom. The Kier molecular flexibility index (Phi) is 6.93. The molecular weight excluding hydrogens is 372 g/mol. The topological polar surface area (TPSA) is 26.3 Å². The maximum absolute atomic E-state index is 10.7. The van der Waals surface area contributed by atoms with Gasteiger partial charge in [-0.2, -0.15) is 0 Å². The summed E-state index contributed by atoms with van der Waals surface area (Å²) < 4.78 is 6.19. The average molecular weight is 397 g/mol. The van der Waals surface area contributed by atoms with E-state index in [9.17, 15) is 4.79 Å². The molecule has 0 fully saturated rings. The zero-order chi connectivity index (χ0) is 19.1. The lowest BCUT2D eigenvalue weighted by Gasteiger charge is -2.38. The summed E-state index contributed by atoms with van der Waals surface area (Å²) in [6.07, 6.45) is 2.54. The molecule has 0 radical (unpaired) electrons. The van der Waals surface area contributed by atoms with E-state index in [0.717, 1.165) is 47.7 Å². The van der Waals surface area contributed by atoms with Crippen LogP contribution in [0.5, 0.6) is 5.75 Å². The van der Waals surface area contributed by atoms with Gasteiger partial charge in [0.15, 0.2) is 0 Å².